The number of hydrogen-bond donors (Lipinski definition) is 0. The Morgan fingerprint density at radius 3 is 2.45 bits per heavy atom. The number of ether oxygens (including phenoxy) is 3. The first-order chi connectivity index (χ1) is 20.1. The molecule has 0 radical (unpaired) electrons. The van der Waals surface area contributed by atoms with Crippen LogP contribution in [-0.4, -0.2) is 60.3 Å². The molecule has 0 saturated carbocycles. The van der Waals surface area contributed by atoms with Gasteiger partial charge in [-0.05, 0) is 58.0 Å². The van der Waals surface area contributed by atoms with Gasteiger partial charge in [0, 0.05) is 50.1 Å². The number of aromatic nitrogens is 5. The van der Waals surface area contributed by atoms with Crippen molar-refractivity contribution in [2.45, 2.75) is 52.2 Å². The van der Waals surface area contributed by atoms with Crippen molar-refractivity contribution in [3.63, 3.8) is 0 Å². The number of amides is 1. The minimum Gasteiger partial charge on any atom is -0.488 e. The molecule has 1 aliphatic heterocycles. The van der Waals surface area contributed by atoms with Crippen molar-refractivity contribution in [2.24, 2.45) is 0 Å². The lowest BCUT2D eigenvalue weighted by atomic mass is 10.1. The molecule has 3 aromatic heterocycles. The third-order valence-corrected chi connectivity index (χ3v) is 7.28. The van der Waals surface area contributed by atoms with Crippen molar-refractivity contribution in [1.82, 2.24) is 29.4 Å². The van der Waals surface area contributed by atoms with Gasteiger partial charge in [-0.3, -0.25) is 14.5 Å². The molecule has 10 nitrogen and oxygen atoms in total. The van der Waals surface area contributed by atoms with E-state index in [1.165, 1.54) is 0 Å². The number of rotatable bonds is 5. The minimum atomic E-state index is -0.525. The van der Waals surface area contributed by atoms with Gasteiger partial charge in [-0.25, -0.2) is 14.8 Å². The highest BCUT2D eigenvalue weighted by Gasteiger charge is 2.28. The Labute approximate surface area is 248 Å². The summed E-state index contributed by atoms with van der Waals surface area (Å²) in [5.74, 6) is 1.81. The number of hydrogen-bond acceptors (Lipinski definition) is 8. The summed E-state index contributed by atoms with van der Waals surface area (Å²) in [6.45, 7) is 8.67. The molecule has 42 heavy (non-hydrogen) atoms. The zero-order valence-electron chi connectivity index (χ0n) is 23.9. The number of halogens is 1. The SMILES string of the molecule is Cc1ncnc2c1c(OC1CCN(C(=O)OC(C)(C)C)CC1)cn2-c1ccc(Oc2ccc3nccnc3c2)c(Cl)c1. The topological polar surface area (TPSA) is 104 Å². The molecule has 11 heteroatoms. The maximum Gasteiger partial charge on any atom is 0.410 e. The van der Waals surface area contributed by atoms with Crippen LogP contribution in [0.2, 0.25) is 5.02 Å². The minimum absolute atomic E-state index is 0.0617. The molecule has 0 spiro atoms. The summed E-state index contributed by atoms with van der Waals surface area (Å²) in [4.78, 5) is 31.8. The molecule has 0 unspecified atom stereocenters. The van der Waals surface area contributed by atoms with Gasteiger partial charge in [-0.2, -0.15) is 0 Å². The van der Waals surface area contributed by atoms with Crippen molar-refractivity contribution >= 4 is 39.8 Å². The van der Waals surface area contributed by atoms with Gasteiger partial charge in [0.15, 0.2) is 5.65 Å². The Hall–Kier alpha value is -4.44. The molecule has 4 heterocycles. The molecule has 0 bridgehead atoms. The van der Waals surface area contributed by atoms with Crippen LogP contribution in [0.1, 0.15) is 39.3 Å². The second-order valence-electron chi connectivity index (χ2n) is 11.2. The molecule has 1 aliphatic rings. The van der Waals surface area contributed by atoms with E-state index in [4.69, 9.17) is 25.8 Å². The standard InChI is InChI=1S/C31H31ClN6O4/c1-19-28-27(40-21-9-13-37(14-10-21)30(39)42-31(2,3)4)17-38(29(28)36-18-35-19)20-5-8-26(23(32)15-20)41-22-6-7-24-25(16-22)34-12-11-33-24/h5-8,11-12,15-18,21H,9-10,13-14H2,1-4H3. The molecule has 5 aromatic rings. The summed E-state index contributed by atoms with van der Waals surface area (Å²) < 4.78 is 20.0. The fraction of sp³-hybridized carbons (Fsp3) is 0.323. The van der Waals surface area contributed by atoms with Gasteiger partial charge >= 0.3 is 6.09 Å². The molecule has 2 aromatic carbocycles. The molecular formula is C31H31ClN6O4. The monoisotopic (exact) mass is 586 g/mol. The number of aryl methyl sites for hydroxylation is 1. The molecule has 0 N–H and O–H groups in total. The number of carbonyl (C=O) groups excluding carboxylic acids is 1. The van der Waals surface area contributed by atoms with Crippen LogP contribution in [0.15, 0.2) is 61.3 Å². The van der Waals surface area contributed by atoms with Crippen molar-refractivity contribution in [3.05, 3.63) is 72.0 Å². The Bertz CT molecular complexity index is 1780. The number of piperidine rings is 1. The summed E-state index contributed by atoms with van der Waals surface area (Å²) in [6.07, 6.45) is 7.79. The molecule has 0 aliphatic carbocycles. The average Bonchev–Trinajstić information content (AvgIpc) is 3.33. The molecule has 216 valence electrons. The number of carbonyl (C=O) groups is 1. The highest BCUT2D eigenvalue weighted by atomic mass is 35.5. The highest BCUT2D eigenvalue weighted by molar-refractivity contribution is 6.32. The normalized spacial score (nSPS) is 14.4. The van der Waals surface area contributed by atoms with E-state index in [1.807, 2.05) is 74.9 Å². The lowest BCUT2D eigenvalue weighted by Gasteiger charge is -2.33. The molecule has 1 saturated heterocycles. The van der Waals surface area contributed by atoms with Crippen molar-refractivity contribution in [2.75, 3.05) is 13.1 Å². The van der Waals surface area contributed by atoms with Crippen LogP contribution in [0, 0.1) is 6.92 Å². The van der Waals surface area contributed by atoms with Crippen LogP contribution in [0.5, 0.6) is 17.2 Å². The number of fused-ring (bicyclic) bond motifs is 2. The predicted molar refractivity (Wildman–Crippen MR) is 160 cm³/mol. The first kappa shape index (κ1) is 27.7. The molecule has 6 rings (SSSR count). The van der Waals surface area contributed by atoms with E-state index in [0.29, 0.717) is 53.8 Å². The third kappa shape index (κ3) is 5.80. The van der Waals surface area contributed by atoms with E-state index in [0.717, 1.165) is 27.8 Å². The highest BCUT2D eigenvalue weighted by Crippen LogP contribution is 2.36. The zero-order chi connectivity index (χ0) is 29.4. The van der Waals surface area contributed by atoms with Crippen LogP contribution >= 0.6 is 11.6 Å². The maximum atomic E-state index is 12.5. The van der Waals surface area contributed by atoms with E-state index in [2.05, 4.69) is 19.9 Å². The van der Waals surface area contributed by atoms with E-state index in [9.17, 15) is 4.79 Å². The van der Waals surface area contributed by atoms with E-state index in [1.54, 1.807) is 23.6 Å². The third-order valence-electron chi connectivity index (χ3n) is 6.99. The quantitative estimate of drug-likeness (QED) is 0.219. The second kappa shape index (κ2) is 11.1. The molecular weight excluding hydrogens is 556 g/mol. The van der Waals surface area contributed by atoms with Crippen LogP contribution in [-0.2, 0) is 4.74 Å². The largest absolute Gasteiger partial charge is 0.488 e. The Kier molecular flexibility index (Phi) is 7.32. The number of likely N-dealkylation sites (tertiary alicyclic amines) is 1. The smallest absolute Gasteiger partial charge is 0.410 e. The van der Waals surface area contributed by atoms with Crippen LogP contribution in [0.25, 0.3) is 27.8 Å². The Morgan fingerprint density at radius 2 is 1.71 bits per heavy atom. The number of benzene rings is 2. The Morgan fingerprint density at radius 1 is 0.952 bits per heavy atom. The van der Waals surface area contributed by atoms with Crippen molar-refractivity contribution in [1.29, 1.82) is 0 Å². The van der Waals surface area contributed by atoms with Gasteiger partial charge in [-0.1, -0.05) is 11.6 Å². The summed E-state index contributed by atoms with van der Waals surface area (Å²) in [5.41, 5.74) is 3.32. The maximum absolute atomic E-state index is 12.5. The van der Waals surface area contributed by atoms with Crippen molar-refractivity contribution < 1.29 is 19.0 Å². The summed E-state index contributed by atoms with van der Waals surface area (Å²) in [5, 5.41) is 1.28. The lowest BCUT2D eigenvalue weighted by Crippen LogP contribution is -2.44. The molecule has 1 amide bonds. The molecule has 0 atom stereocenters. The first-order valence-electron chi connectivity index (χ1n) is 13.8. The van der Waals surface area contributed by atoms with Gasteiger partial charge in [-0.15, -0.1) is 0 Å². The summed E-state index contributed by atoms with van der Waals surface area (Å²) in [7, 11) is 0. The fourth-order valence-electron chi connectivity index (χ4n) is 4.98. The van der Waals surface area contributed by atoms with Gasteiger partial charge in [0.25, 0.3) is 0 Å². The van der Waals surface area contributed by atoms with E-state index >= 15 is 0 Å². The van der Waals surface area contributed by atoms with Gasteiger partial charge in [0.05, 0.1) is 33.3 Å². The van der Waals surface area contributed by atoms with Crippen molar-refractivity contribution in [3.8, 4) is 22.9 Å². The number of nitrogens with zero attached hydrogens (tertiary/aromatic N) is 6. The zero-order valence-corrected chi connectivity index (χ0v) is 24.6. The average molecular weight is 587 g/mol. The van der Waals surface area contributed by atoms with Gasteiger partial charge in [0.1, 0.15) is 35.3 Å². The second-order valence-corrected chi connectivity index (χ2v) is 11.6. The van der Waals surface area contributed by atoms with Gasteiger partial charge in [0.2, 0.25) is 0 Å². The van der Waals surface area contributed by atoms with E-state index in [-0.39, 0.29) is 12.2 Å². The predicted octanol–water partition coefficient (Wildman–Crippen LogP) is 6.90. The summed E-state index contributed by atoms with van der Waals surface area (Å²) >= 11 is 6.70. The summed E-state index contributed by atoms with van der Waals surface area (Å²) in [6, 6.07) is 11.1. The van der Waals surface area contributed by atoms with Crippen LogP contribution in [0.4, 0.5) is 4.79 Å². The Balaban J connectivity index is 1.22. The first-order valence-corrected chi connectivity index (χ1v) is 14.2. The van der Waals surface area contributed by atoms with Crippen LogP contribution in [0.3, 0.4) is 0 Å². The molecule has 1 fully saturated rings. The van der Waals surface area contributed by atoms with Gasteiger partial charge < -0.3 is 19.1 Å². The van der Waals surface area contributed by atoms with Crippen LogP contribution < -0.4 is 9.47 Å². The van der Waals surface area contributed by atoms with E-state index < -0.39 is 5.60 Å². The lowest BCUT2D eigenvalue weighted by molar-refractivity contribution is 0.0127. The fourth-order valence-corrected chi connectivity index (χ4v) is 5.19.